The highest BCUT2D eigenvalue weighted by molar-refractivity contribution is 9.08. The van der Waals surface area contributed by atoms with Gasteiger partial charge in [-0.25, -0.2) is 9.59 Å². The van der Waals surface area contributed by atoms with Crippen LogP contribution in [0.3, 0.4) is 0 Å². The highest BCUT2D eigenvalue weighted by Crippen LogP contribution is 2.39. The van der Waals surface area contributed by atoms with E-state index in [0.29, 0.717) is 56.6 Å². The van der Waals surface area contributed by atoms with Crippen LogP contribution in [-0.2, 0) is 46.2 Å². The predicted octanol–water partition coefficient (Wildman–Crippen LogP) is 9.46. The van der Waals surface area contributed by atoms with E-state index in [1.165, 1.54) is 0 Å². The number of alkyl halides is 1. The first-order valence-corrected chi connectivity index (χ1v) is 19.5. The molecule has 0 radical (unpaired) electrons. The van der Waals surface area contributed by atoms with E-state index < -0.39 is 5.60 Å². The number of hydrogen-bond donors (Lipinski definition) is 0. The second-order valence-electron chi connectivity index (χ2n) is 14.5. The number of benzene rings is 3. The zero-order valence-corrected chi connectivity index (χ0v) is 33.9. The van der Waals surface area contributed by atoms with Gasteiger partial charge in [-0.3, -0.25) is 4.68 Å². The molecule has 0 aliphatic rings. The van der Waals surface area contributed by atoms with Crippen molar-refractivity contribution in [3.63, 3.8) is 0 Å². The standard InChI is InChI=1S/C42H53BrN4O6/c1-9-50-40(48)39-32(21-14-25-51-36-22-12-17-29-16-10-11-18-30(29)36)31-19-13-20-33(37-34(27-52-28(2)3)44-46(8)35(37)26-43)38(31)47(39)24-15-23-45(7)41(49)53-42(4,5)6/h10-13,16-20,22,28H,9,14-15,21,23-27H2,1-8H3. The molecular weight excluding hydrogens is 736 g/mol. The van der Waals surface area contributed by atoms with Crippen LogP contribution in [0.1, 0.15) is 81.8 Å². The second-order valence-corrected chi connectivity index (χ2v) is 15.0. The molecule has 284 valence electrons. The van der Waals surface area contributed by atoms with E-state index >= 15 is 0 Å². The summed E-state index contributed by atoms with van der Waals surface area (Å²) in [5, 5.41) is 8.63. The van der Waals surface area contributed by atoms with Gasteiger partial charge in [0, 0.05) is 54.4 Å². The molecule has 5 rings (SSSR count). The number of fused-ring (bicyclic) bond motifs is 2. The molecule has 10 nitrogen and oxygen atoms in total. The number of carbonyl (C=O) groups is 2. The van der Waals surface area contributed by atoms with Gasteiger partial charge in [0.1, 0.15) is 17.0 Å². The fourth-order valence-corrected chi connectivity index (χ4v) is 7.32. The van der Waals surface area contributed by atoms with Crippen LogP contribution in [0, 0.1) is 0 Å². The third-order valence-electron chi connectivity index (χ3n) is 9.00. The smallest absolute Gasteiger partial charge is 0.410 e. The zero-order chi connectivity index (χ0) is 38.3. The number of esters is 1. The first kappa shape index (κ1) is 39.8. The predicted molar refractivity (Wildman–Crippen MR) is 214 cm³/mol. The summed E-state index contributed by atoms with van der Waals surface area (Å²) in [7, 11) is 3.68. The average molecular weight is 790 g/mol. The van der Waals surface area contributed by atoms with Crippen LogP contribution in [0.2, 0.25) is 0 Å². The molecule has 53 heavy (non-hydrogen) atoms. The summed E-state index contributed by atoms with van der Waals surface area (Å²) in [6.07, 6.45) is 1.47. The van der Waals surface area contributed by atoms with E-state index in [2.05, 4.69) is 50.8 Å². The summed E-state index contributed by atoms with van der Waals surface area (Å²) >= 11 is 3.72. The van der Waals surface area contributed by atoms with E-state index in [1.807, 2.05) is 83.6 Å². The summed E-state index contributed by atoms with van der Waals surface area (Å²) in [4.78, 5) is 28.5. The molecule has 5 aromatic rings. The molecule has 0 bridgehead atoms. The van der Waals surface area contributed by atoms with Gasteiger partial charge in [-0.15, -0.1) is 0 Å². The normalized spacial score (nSPS) is 11.8. The van der Waals surface area contributed by atoms with Gasteiger partial charge in [0.25, 0.3) is 0 Å². The molecule has 0 spiro atoms. The van der Waals surface area contributed by atoms with Crippen molar-refractivity contribution in [1.82, 2.24) is 19.2 Å². The fraction of sp³-hybridized carbons (Fsp3) is 0.452. The minimum atomic E-state index is -0.603. The molecule has 1 amide bonds. The third kappa shape index (κ3) is 9.42. The number of carbonyl (C=O) groups excluding carboxylic acids is 2. The summed E-state index contributed by atoms with van der Waals surface area (Å²) in [5.41, 5.74) is 5.49. The van der Waals surface area contributed by atoms with E-state index in [0.717, 1.165) is 55.5 Å². The lowest BCUT2D eigenvalue weighted by Crippen LogP contribution is -2.35. The Balaban J connectivity index is 1.59. The maximum Gasteiger partial charge on any atom is 0.410 e. The molecule has 0 fully saturated rings. The van der Waals surface area contributed by atoms with Crippen LogP contribution in [0.5, 0.6) is 5.75 Å². The summed E-state index contributed by atoms with van der Waals surface area (Å²) < 4.78 is 27.8. The molecule has 0 unspecified atom stereocenters. The van der Waals surface area contributed by atoms with Gasteiger partial charge >= 0.3 is 12.1 Å². The molecule has 0 N–H and O–H groups in total. The van der Waals surface area contributed by atoms with Crippen LogP contribution in [0.15, 0.2) is 60.7 Å². The van der Waals surface area contributed by atoms with Gasteiger partial charge in [-0.1, -0.05) is 70.5 Å². The number of aryl methyl sites for hydroxylation is 3. The molecule has 3 aromatic carbocycles. The van der Waals surface area contributed by atoms with Gasteiger partial charge in [-0.2, -0.15) is 5.10 Å². The SMILES string of the molecule is CCOC(=O)c1c(CCCOc2cccc3ccccc23)c2cccc(-c3c(COC(C)C)nn(C)c3CBr)c2n1CCCN(C)C(=O)OC(C)(C)C. The molecule has 2 aromatic heterocycles. The van der Waals surface area contributed by atoms with Crippen LogP contribution >= 0.6 is 15.9 Å². The molecule has 0 aliphatic carbocycles. The zero-order valence-electron chi connectivity index (χ0n) is 32.3. The van der Waals surface area contributed by atoms with E-state index in [4.69, 9.17) is 24.0 Å². The highest BCUT2D eigenvalue weighted by atomic mass is 79.9. The van der Waals surface area contributed by atoms with E-state index in [-0.39, 0.29) is 24.8 Å². The van der Waals surface area contributed by atoms with Crippen LogP contribution in [-0.4, -0.2) is 69.8 Å². The number of para-hydroxylation sites is 1. The number of nitrogens with zero attached hydrogens (tertiary/aromatic N) is 4. The number of rotatable bonds is 16. The Kier molecular flexibility index (Phi) is 13.3. The van der Waals surface area contributed by atoms with Gasteiger partial charge in [0.2, 0.25) is 0 Å². The van der Waals surface area contributed by atoms with Crippen LogP contribution < -0.4 is 4.74 Å². The largest absolute Gasteiger partial charge is 0.493 e. The van der Waals surface area contributed by atoms with Crippen molar-refractivity contribution >= 4 is 49.7 Å². The Bertz CT molecular complexity index is 2040. The maximum absolute atomic E-state index is 14.0. The molecular formula is C42H53BrN4O6. The fourth-order valence-electron chi connectivity index (χ4n) is 6.67. The molecule has 11 heteroatoms. The minimum absolute atomic E-state index is 0.0250. The number of hydrogen-bond acceptors (Lipinski definition) is 7. The quantitative estimate of drug-likeness (QED) is 0.0559. The Hall–Kier alpha value is -4.35. The Morgan fingerprint density at radius 2 is 1.70 bits per heavy atom. The lowest BCUT2D eigenvalue weighted by molar-refractivity contribution is 0.0294. The molecule has 0 aliphatic heterocycles. The number of ether oxygens (including phenoxy) is 4. The van der Waals surface area contributed by atoms with Gasteiger partial charge in [0.05, 0.1) is 42.8 Å². The van der Waals surface area contributed by atoms with Gasteiger partial charge in [0.15, 0.2) is 0 Å². The van der Waals surface area contributed by atoms with Crippen molar-refractivity contribution in [3.05, 3.63) is 83.3 Å². The second kappa shape index (κ2) is 17.6. The Morgan fingerprint density at radius 1 is 0.981 bits per heavy atom. The van der Waals surface area contributed by atoms with Crippen LogP contribution in [0.4, 0.5) is 4.79 Å². The third-order valence-corrected chi connectivity index (χ3v) is 9.53. The number of amides is 1. The topological polar surface area (TPSA) is 97.0 Å². The summed E-state index contributed by atoms with van der Waals surface area (Å²) in [6.45, 7) is 13.3. The first-order chi connectivity index (χ1) is 25.3. The van der Waals surface area contributed by atoms with Crippen molar-refractivity contribution in [1.29, 1.82) is 0 Å². The Labute approximate surface area is 321 Å². The first-order valence-electron chi connectivity index (χ1n) is 18.4. The summed E-state index contributed by atoms with van der Waals surface area (Å²) in [5.74, 6) is 0.456. The Morgan fingerprint density at radius 3 is 2.42 bits per heavy atom. The van der Waals surface area contributed by atoms with E-state index in [9.17, 15) is 9.59 Å². The van der Waals surface area contributed by atoms with E-state index in [1.54, 1.807) is 11.9 Å². The van der Waals surface area contributed by atoms with Crippen molar-refractivity contribution in [2.45, 2.75) is 91.0 Å². The number of halogens is 1. The maximum atomic E-state index is 14.0. The van der Waals surface area contributed by atoms with Crippen molar-refractivity contribution in [2.24, 2.45) is 7.05 Å². The lowest BCUT2D eigenvalue weighted by Gasteiger charge is -2.24. The lowest BCUT2D eigenvalue weighted by atomic mass is 9.98. The molecule has 0 saturated carbocycles. The highest BCUT2D eigenvalue weighted by Gasteiger charge is 2.28. The molecule has 0 saturated heterocycles. The molecule has 2 heterocycles. The van der Waals surface area contributed by atoms with Gasteiger partial charge in [-0.05, 0) is 77.8 Å². The van der Waals surface area contributed by atoms with Crippen molar-refractivity contribution in [2.75, 3.05) is 26.8 Å². The average Bonchev–Trinajstić information content (AvgIpc) is 3.61. The van der Waals surface area contributed by atoms with Crippen molar-refractivity contribution < 1.29 is 28.5 Å². The minimum Gasteiger partial charge on any atom is -0.493 e. The molecule has 0 atom stereocenters. The van der Waals surface area contributed by atoms with Crippen LogP contribution in [0.25, 0.3) is 32.8 Å². The van der Waals surface area contributed by atoms with Gasteiger partial charge < -0.3 is 28.4 Å². The monoisotopic (exact) mass is 788 g/mol. The number of aromatic nitrogens is 3. The summed E-state index contributed by atoms with van der Waals surface area (Å²) in [6, 6.07) is 20.5. The van der Waals surface area contributed by atoms with Crippen molar-refractivity contribution in [3.8, 4) is 16.9 Å².